The summed E-state index contributed by atoms with van der Waals surface area (Å²) < 4.78 is 24.9. The highest BCUT2D eigenvalue weighted by Gasteiger charge is 2.36. The molecule has 2 heterocycles. The van der Waals surface area contributed by atoms with Crippen LogP contribution in [0.5, 0.6) is 5.75 Å². The molecule has 6 nitrogen and oxygen atoms in total. The summed E-state index contributed by atoms with van der Waals surface area (Å²) in [5, 5.41) is 3.15. The van der Waals surface area contributed by atoms with Crippen LogP contribution in [-0.4, -0.2) is 55.2 Å². The molecule has 1 aliphatic carbocycles. The summed E-state index contributed by atoms with van der Waals surface area (Å²) in [5.41, 5.74) is 3.82. The fraction of sp³-hybridized carbons (Fsp3) is 0.520. The van der Waals surface area contributed by atoms with Crippen molar-refractivity contribution in [3.8, 4) is 17.0 Å². The lowest BCUT2D eigenvalue weighted by molar-refractivity contribution is -0.148. The maximum atomic E-state index is 13.4. The van der Waals surface area contributed by atoms with Crippen LogP contribution in [0.15, 0.2) is 30.5 Å². The fourth-order valence-electron chi connectivity index (χ4n) is 4.67. The van der Waals surface area contributed by atoms with Crippen LogP contribution < -0.4 is 10.1 Å². The second-order valence-electron chi connectivity index (χ2n) is 8.82. The number of carbonyl (C=O) groups excluding carboxylic acids is 1. The molecule has 0 atom stereocenters. The van der Waals surface area contributed by atoms with Crippen LogP contribution in [0.2, 0.25) is 0 Å². The average molecular weight is 442 g/mol. The highest BCUT2D eigenvalue weighted by Crippen LogP contribution is 2.46. The first-order valence-electron chi connectivity index (χ1n) is 11.5. The molecular weight excluding hydrogens is 409 g/mol. The summed E-state index contributed by atoms with van der Waals surface area (Å²) >= 11 is 0. The van der Waals surface area contributed by atoms with E-state index in [4.69, 9.17) is 9.47 Å². The van der Waals surface area contributed by atoms with E-state index in [1.165, 1.54) is 30.7 Å². The molecule has 32 heavy (non-hydrogen) atoms. The lowest BCUT2D eigenvalue weighted by atomic mass is 9.90. The van der Waals surface area contributed by atoms with Gasteiger partial charge in [0.15, 0.2) is 0 Å². The van der Waals surface area contributed by atoms with E-state index < -0.39 is 5.60 Å². The van der Waals surface area contributed by atoms with Crippen molar-refractivity contribution in [1.82, 2.24) is 15.2 Å². The third-order valence-corrected chi connectivity index (χ3v) is 6.51. The van der Waals surface area contributed by atoms with Crippen molar-refractivity contribution in [3.05, 3.63) is 47.4 Å². The largest absolute Gasteiger partial charge is 0.494 e. The van der Waals surface area contributed by atoms with Crippen molar-refractivity contribution in [1.29, 1.82) is 0 Å². The van der Waals surface area contributed by atoms with Gasteiger partial charge in [0.25, 0.3) is 6.47 Å². The molecule has 2 aliphatic rings. The van der Waals surface area contributed by atoms with Gasteiger partial charge in [-0.05, 0) is 62.6 Å². The predicted molar refractivity (Wildman–Crippen MR) is 121 cm³/mol. The van der Waals surface area contributed by atoms with E-state index >= 15 is 0 Å². The molecule has 7 heteroatoms. The van der Waals surface area contributed by atoms with Crippen LogP contribution in [-0.2, 0) is 16.1 Å². The summed E-state index contributed by atoms with van der Waals surface area (Å²) in [5.74, 6) is 1.05. The molecule has 1 aliphatic heterocycles. The highest BCUT2D eigenvalue weighted by molar-refractivity contribution is 5.68. The van der Waals surface area contributed by atoms with Crippen molar-refractivity contribution in [3.63, 3.8) is 0 Å². The van der Waals surface area contributed by atoms with E-state index in [0.717, 1.165) is 55.0 Å². The molecule has 1 aromatic carbocycles. The molecule has 0 radical (unpaired) electrons. The maximum absolute atomic E-state index is 13.4. The molecule has 2 fully saturated rings. The van der Waals surface area contributed by atoms with Gasteiger partial charge < -0.3 is 14.8 Å². The van der Waals surface area contributed by atoms with Gasteiger partial charge in [0.05, 0.1) is 18.5 Å². The number of nitrogens with zero attached hydrogens (tertiary/aromatic N) is 2. The molecule has 1 saturated heterocycles. The quantitative estimate of drug-likeness (QED) is 0.565. The standard InChI is InChI=1S/C25H32FN3O3/c1-3-31-24-13-22(23-7-6-20(26)14-28-23)21(18-4-5-18)12-19(24)15-29-10-8-25(9-11-29,16-27-2)32-17-30/h6-7,12-14,17-18,27H,3-5,8-11,15-16H2,1-2H3. The van der Waals surface area contributed by atoms with E-state index in [1.54, 1.807) is 6.07 Å². The number of ether oxygens (including phenoxy) is 2. The number of pyridine rings is 1. The Morgan fingerprint density at radius 1 is 1.28 bits per heavy atom. The van der Waals surface area contributed by atoms with Gasteiger partial charge in [-0.1, -0.05) is 0 Å². The lowest BCUT2D eigenvalue weighted by Gasteiger charge is -2.40. The lowest BCUT2D eigenvalue weighted by Crippen LogP contribution is -2.50. The first-order valence-corrected chi connectivity index (χ1v) is 11.5. The maximum Gasteiger partial charge on any atom is 0.293 e. The Morgan fingerprint density at radius 3 is 2.66 bits per heavy atom. The van der Waals surface area contributed by atoms with Crippen molar-refractivity contribution in [2.75, 3.05) is 33.3 Å². The number of aromatic nitrogens is 1. The van der Waals surface area contributed by atoms with Gasteiger partial charge in [0.2, 0.25) is 0 Å². The van der Waals surface area contributed by atoms with Crippen LogP contribution in [0.4, 0.5) is 4.39 Å². The SMILES string of the molecule is CCOc1cc(-c2ccc(F)cn2)c(C2CC2)cc1CN1CCC(CNC)(OC=O)CC1. The Hall–Kier alpha value is -2.51. The van der Waals surface area contributed by atoms with E-state index in [2.05, 4.69) is 27.3 Å². The summed E-state index contributed by atoms with van der Waals surface area (Å²) in [7, 11) is 1.88. The Kier molecular flexibility index (Phi) is 7.06. The minimum absolute atomic E-state index is 0.332. The predicted octanol–water partition coefficient (Wildman–Crippen LogP) is 3.89. The minimum Gasteiger partial charge on any atom is -0.494 e. The number of likely N-dealkylation sites (tertiary alicyclic amines) is 1. The first-order chi connectivity index (χ1) is 15.6. The Balaban J connectivity index is 1.58. The van der Waals surface area contributed by atoms with Gasteiger partial charge in [-0.3, -0.25) is 14.7 Å². The number of benzene rings is 1. The molecule has 2 aromatic rings. The molecule has 1 N–H and O–H groups in total. The number of hydrogen-bond donors (Lipinski definition) is 1. The third-order valence-electron chi connectivity index (χ3n) is 6.51. The van der Waals surface area contributed by atoms with E-state index in [0.29, 0.717) is 25.5 Å². The molecule has 1 aromatic heterocycles. The third kappa shape index (κ3) is 5.10. The van der Waals surface area contributed by atoms with Crippen LogP contribution in [0.3, 0.4) is 0 Å². The Morgan fingerprint density at radius 2 is 2.06 bits per heavy atom. The Bertz CT molecular complexity index is 923. The molecular formula is C25H32FN3O3. The highest BCUT2D eigenvalue weighted by atomic mass is 19.1. The number of likely N-dealkylation sites (N-methyl/N-ethyl adjacent to an activating group) is 1. The topological polar surface area (TPSA) is 63.7 Å². The van der Waals surface area contributed by atoms with Crippen LogP contribution in [0, 0.1) is 5.82 Å². The van der Waals surface area contributed by atoms with Crippen molar-refractivity contribution in [2.24, 2.45) is 0 Å². The Labute approximate surface area is 189 Å². The van der Waals surface area contributed by atoms with Gasteiger partial charge in [0, 0.05) is 50.1 Å². The second-order valence-corrected chi connectivity index (χ2v) is 8.82. The van der Waals surface area contributed by atoms with Gasteiger partial charge in [-0.15, -0.1) is 0 Å². The number of halogens is 1. The van der Waals surface area contributed by atoms with Crippen LogP contribution in [0.25, 0.3) is 11.3 Å². The van der Waals surface area contributed by atoms with Gasteiger partial charge in [0.1, 0.15) is 17.2 Å². The molecule has 1 saturated carbocycles. The zero-order valence-corrected chi connectivity index (χ0v) is 18.9. The van der Waals surface area contributed by atoms with Gasteiger partial charge >= 0.3 is 0 Å². The summed E-state index contributed by atoms with van der Waals surface area (Å²) in [4.78, 5) is 17.7. The first kappa shape index (κ1) is 22.7. The minimum atomic E-state index is -0.424. The van der Waals surface area contributed by atoms with Crippen LogP contribution >= 0.6 is 0 Å². The molecule has 0 bridgehead atoms. The van der Waals surface area contributed by atoms with Crippen molar-refractivity contribution >= 4 is 6.47 Å². The van der Waals surface area contributed by atoms with Gasteiger partial charge in [-0.2, -0.15) is 0 Å². The molecule has 0 amide bonds. The average Bonchev–Trinajstić information content (AvgIpc) is 3.63. The number of nitrogens with one attached hydrogen (secondary N) is 1. The van der Waals surface area contributed by atoms with Crippen molar-refractivity contribution in [2.45, 2.75) is 50.7 Å². The number of rotatable bonds is 10. The summed E-state index contributed by atoms with van der Waals surface area (Å²) in [6.07, 6.45) is 5.20. The summed E-state index contributed by atoms with van der Waals surface area (Å²) in [6.45, 7) is 6.27. The van der Waals surface area contributed by atoms with Gasteiger partial charge in [-0.25, -0.2) is 4.39 Å². The van der Waals surface area contributed by atoms with E-state index in [1.807, 2.05) is 14.0 Å². The monoisotopic (exact) mass is 441 g/mol. The zero-order chi connectivity index (χ0) is 22.6. The molecule has 172 valence electrons. The van der Waals surface area contributed by atoms with Crippen molar-refractivity contribution < 1.29 is 18.7 Å². The normalized spacial score (nSPS) is 18.3. The van der Waals surface area contributed by atoms with E-state index in [-0.39, 0.29) is 5.82 Å². The zero-order valence-electron chi connectivity index (χ0n) is 18.9. The summed E-state index contributed by atoms with van der Waals surface area (Å²) in [6, 6.07) is 7.54. The van der Waals surface area contributed by atoms with E-state index in [9.17, 15) is 9.18 Å². The molecule has 0 spiro atoms. The molecule has 0 unspecified atom stereocenters. The fourth-order valence-corrected chi connectivity index (χ4v) is 4.67. The number of hydrogen-bond acceptors (Lipinski definition) is 6. The second kappa shape index (κ2) is 9.96. The number of piperidine rings is 1. The molecule has 4 rings (SSSR count). The number of carbonyl (C=O) groups is 1. The van der Waals surface area contributed by atoms with Crippen LogP contribution in [0.1, 0.15) is 49.7 Å². The smallest absolute Gasteiger partial charge is 0.293 e.